The first kappa shape index (κ1) is 18.1. The number of sulfonamides is 1. The third-order valence-electron chi connectivity index (χ3n) is 4.62. The quantitative estimate of drug-likeness (QED) is 0.623. The predicted molar refractivity (Wildman–Crippen MR) is 104 cm³/mol. The molecule has 0 unspecified atom stereocenters. The summed E-state index contributed by atoms with van der Waals surface area (Å²) < 4.78 is 29.1. The van der Waals surface area contributed by atoms with E-state index in [0.29, 0.717) is 23.9 Å². The number of piperidine rings is 1. The van der Waals surface area contributed by atoms with Crippen LogP contribution in [0, 0.1) is 6.92 Å². The van der Waals surface area contributed by atoms with E-state index in [4.69, 9.17) is 0 Å². The molecule has 3 nitrogen and oxygen atoms in total. The summed E-state index contributed by atoms with van der Waals surface area (Å²) in [5, 5.41) is 0. The van der Waals surface area contributed by atoms with E-state index in [1.807, 2.05) is 25.1 Å². The van der Waals surface area contributed by atoms with E-state index < -0.39 is 10.0 Å². The molecule has 0 atom stereocenters. The van der Waals surface area contributed by atoms with E-state index in [-0.39, 0.29) is 0 Å². The second-order valence-corrected chi connectivity index (χ2v) is 9.75. The van der Waals surface area contributed by atoms with Gasteiger partial charge in [-0.05, 0) is 48.9 Å². The number of benzene rings is 2. The fourth-order valence-electron chi connectivity index (χ4n) is 3.07. The zero-order valence-corrected chi connectivity index (χ0v) is 17.4. The van der Waals surface area contributed by atoms with Crippen LogP contribution in [-0.4, -0.2) is 25.8 Å². The molecule has 0 aromatic heterocycles. The largest absolute Gasteiger partial charge is 0.243 e. The molecule has 0 amide bonds. The average molecular weight is 473 g/mol. The molecule has 6 heteroatoms. The van der Waals surface area contributed by atoms with Crippen molar-refractivity contribution >= 4 is 41.9 Å². The van der Waals surface area contributed by atoms with Crippen LogP contribution in [0.25, 0.3) is 0 Å². The minimum Gasteiger partial charge on any atom is -0.207 e. The number of hydrogen-bond acceptors (Lipinski definition) is 2. The van der Waals surface area contributed by atoms with Crippen LogP contribution in [0.5, 0.6) is 0 Å². The first-order chi connectivity index (χ1) is 11.4. The third kappa shape index (κ3) is 3.62. The molecule has 128 valence electrons. The van der Waals surface area contributed by atoms with E-state index in [2.05, 4.69) is 44.0 Å². The number of hydrogen-bond donors (Lipinski definition) is 0. The maximum atomic E-state index is 12.9. The summed E-state index contributed by atoms with van der Waals surface area (Å²) in [4.78, 5) is 0.338. The van der Waals surface area contributed by atoms with Crippen molar-refractivity contribution < 1.29 is 8.42 Å². The van der Waals surface area contributed by atoms with E-state index >= 15 is 0 Å². The molecular formula is C18H19Br2NO2S. The van der Waals surface area contributed by atoms with Gasteiger partial charge in [0.15, 0.2) is 0 Å². The smallest absolute Gasteiger partial charge is 0.207 e. The maximum absolute atomic E-state index is 12.9. The zero-order valence-electron chi connectivity index (χ0n) is 13.4. The standard InChI is InChI=1S/C18H19Br2NO2S/c1-13-17(19)11-16(12-18(13)20)24(22,23)21-9-7-15(8-10-21)14-5-3-2-4-6-14/h2-6,11-12,15H,7-10H2,1H3. The van der Waals surface area contributed by atoms with Gasteiger partial charge in [-0.2, -0.15) is 4.31 Å². The van der Waals surface area contributed by atoms with Crippen molar-refractivity contribution in [1.82, 2.24) is 4.31 Å². The van der Waals surface area contributed by atoms with Gasteiger partial charge < -0.3 is 0 Å². The van der Waals surface area contributed by atoms with Gasteiger partial charge in [0.2, 0.25) is 10.0 Å². The number of halogens is 2. The molecular weight excluding hydrogens is 454 g/mol. The first-order valence-corrected chi connectivity index (χ1v) is 10.9. The monoisotopic (exact) mass is 471 g/mol. The Morgan fingerprint density at radius 1 is 1.00 bits per heavy atom. The Morgan fingerprint density at radius 3 is 2.08 bits per heavy atom. The van der Waals surface area contributed by atoms with Crippen LogP contribution in [0.1, 0.15) is 29.9 Å². The summed E-state index contributed by atoms with van der Waals surface area (Å²) >= 11 is 6.88. The maximum Gasteiger partial charge on any atom is 0.243 e. The molecule has 1 fully saturated rings. The van der Waals surface area contributed by atoms with Crippen molar-refractivity contribution in [2.45, 2.75) is 30.6 Å². The fraction of sp³-hybridized carbons (Fsp3) is 0.333. The highest BCUT2D eigenvalue weighted by Crippen LogP contribution is 2.33. The van der Waals surface area contributed by atoms with E-state index in [0.717, 1.165) is 27.4 Å². The number of nitrogens with zero attached hydrogens (tertiary/aromatic N) is 1. The molecule has 0 radical (unpaired) electrons. The summed E-state index contributed by atoms with van der Waals surface area (Å²) in [5.41, 5.74) is 2.30. The van der Waals surface area contributed by atoms with Gasteiger partial charge in [-0.25, -0.2) is 8.42 Å². The summed E-state index contributed by atoms with van der Waals surface area (Å²) in [6.07, 6.45) is 1.72. The Hall–Kier alpha value is -0.690. The normalized spacial score (nSPS) is 17.1. The van der Waals surface area contributed by atoms with Crippen molar-refractivity contribution in [2.24, 2.45) is 0 Å². The Balaban J connectivity index is 1.78. The van der Waals surface area contributed by atoms with Crippen LogP contribution in [0.15, 0.2) is 56.3 Å². The summed E-state index contributed by atoms with van der Waals surface area (Å²) in [6, 6.07) is 13.7. The van der Waals surface area contributed by atoms with Crippen LogP contribution in [0.2, 0.25) is 0 Å². The van der Waals surface area contributed by atoms with Crippen LogP contribution < -0.4 is 0 Å². The predicted octanol–water partition coefficient (Wildman–Crippen LogP) is 5.09. The molecule has 24 heavy (non-hydrogen) atoms. The van der Waals surface area contributed by atoms with E-state index in [1.54, 1.807) is 16.4 Å². The molecule has 0 saturated carbocycles. The van der Waals surface area contributed by atoms with Crippen molar-refractivity contribution in [1.29, 1.82) is 0 Å². The lowest BCUT2D eigenvalue weighted by molar-refractivity contribution is 0.319. The molecule has 1 heterocycles. The van der Waals surface area contributed by atoms with Gasteiger partial charge in [0.1, 0.15) is 0 Å². The SMILES string of the molecule is Cc1c(Br)cc(S(=O)(=O)N2CCC(c3ccccc3)CC2)cc1Br. The number of rotatable bonds is 3. The second kappa shape index (κ2) is 7.28. The lowest BCUT2D eigenvalue weighted by Crippen LogP contribution is -2.37. The van der Waals surface area contributed by atoms with Crippen molar-refractivity contribution in [3.8, 4) is 0 Å². The molecule has 3 rings (SSSR count). The molecule has 1 saturated heterocycles. The first-order valence-electron chi connectivity index (χ1n) is 7.90. The molecule has 0 spiro atoms. The lowest BCUT2D eigenvalue weighted by Gasteiger charge is -2.31. The Kier molecular flexibility index (Phi) is 5.49. The molecule has 2 aromatic rings. The minimum atomic E-state index is -3.46. The summed E-state index contributed by atoms with van der Waals surface area (Å²) in [7, 11) is -3.46. The molecule has 0 N–H and O–H groups in total. The summed E-state index contributed by atoms with van der Waals surface area (Å²) in [6.45, 7) is 3.06. The Labute approximate surface area is 160 Å². The van der Waals surface area contributed by atoms with E-state index in [1.165, 1.54) is 5.56 Å². The van der Waals surface area contributed by atoms with Crippen molar-refractivity contribution in [3.63, 3.8) is 0 Å². The van der Waals surface area contributed by atoms with Gasteiger partial charge in [0, 0.05) is 22.0 Å². The highest BCUT2D eigenvalue weighted by molar-refractivity contribution is 9.11. The van der Waals surface area contributed by atoms with Gasteiger partial charge >= 0.3 is 0 Å². The highest BCUT2D eigenvalue weighted by atomic mass is 79.9. The van der Waals surface area contributed by atoms with Crippen LogP contribution >= 0.6 is 31.9 Å². The van der Waals surface area contributed by atoms with Crippen molar-refractivity contribution in [2.75, 3.05) is 13.1 Å². The lowest BCUT2D eigenvalue weighted by atomic mass is 9.90. The van der Waals surface area contributed by atoms with Gasteiger partial charge in [0.05, 0.1) is 4.90 Å². The van der Waals surface area contributed by atoms with Crippen LogP contribution in [0.4, 0.5) is 0 Å². The van der Waals surface area contributed by atoms with Gasteiger partial charge in [-0.15, -0.1) is 0 Å². The minimum absolute atomic E-state index is 0.338. The second-order valence-electron chi connectivity index (χ2n) is 6.10. The fourth-order valence-corrected chi connectivity index (χ4v) is 6.09. The molecule has 0 bridgehead atoms. The molecule has 1 aliphatic rings. The summed E-state index contributed by atoms with van der Waals surface area (Å²) in [5.74, 6) is 0.439. The van der Waals surface area contributed by atoms with Gasteiger partial charge in [-0.3, -0.25) is 0 Å². The Bertz CT molecular complexity index is 806. The van der Waals surface area contributed by atoms with Crippen LogP contribution in [-0.2, 0) is 10.0 Å². The zero-order chi connectivity index (χ0) is 17.3. The van der Waals surface area contributed by atoms with Gasteiger partial charge in [0.25, 0.3) is 0 Å². The van der Waals surface area contributed by atoms with Gasteiger partial charge in [-0.1, -0.05) is 62.2 Å². The molecule has 2 aromatic carbocycles. The molecule has 0 aliphatic carbocycles. The Morgan fingerprint density at radius 2 is 1.54 bits per heavy atom. The third-order valence-corrected chi connectivity index (χ3v) is 8.14. The topological polar surface area (TPSA) is 37.4 Å². The average Bonchev–Trinajstić information content (AvgIpc) is 2.60. The van der Waals surface area contributed by atoms with Crippen LogP contribution in [0.3, 0.4) is 0 Å². The molecule has 1 aliphatic heterocycles. The highest BCUT2D eigenvalue weighted by Gasteiger charge is 2.30. The van der Waals surface area contributed by atoms with E-state index in [9.17, 15) is 8.42 Å². The van der Waals surface area contributed by atoms with Crippen molar-refractivity contribution in [3.05, 3.63) is 62.5 Å².